The summed E-state index contributed by atoms with van der Waals surface area (Å²) in [7, 11) is 0. The molecule has 0 saturated heterocycles. The van der Waals surface area contributed by atoms with E-state index in [1.54, 1.807) is 11.3 Å². The molecule has 1 amide bonds. The fourth-order valence-corrected chi connectivity index (χ4v) is 2.77. The first-order valence-electron chi connectivity index (χ1n) is 6.47. The van der Waals surface area contributed by atoms with Crippen LogP contribution < -0.4 is 5.32 Å². The highest BCUT2D eigenvalue weighted by Gasteiger charge is 2.13. The average Bonchev–Trinajstić information content (AvgIpc) is 2.93. The van der Waals surface area contributed by atoms with Crippen LogP contribution in [0.2, 0.25) is 0 Å². The van der Waals surface area contributed by atoms with Gasteiger partial charge in [-0.25, -0.2) is 0 Å². The maximum Gasteiger partial charge on any atom is 0.255 e. The number of nitrogens with one attached hydrogen (secondary N) is 1. The van der Waals surface area contributed by atoms with Crippen molar-refractivity contribution in [2.75, 3.05) is 0 Å². The highest BCUT2D eigenvalue weighted by Crippen LogP contribution is 2.15. The highest BCUT2D eigenvalue weighted by atomic mass is 32.1. The third-order valence-electron chi connectivity index (χ3n) is 3.02. The van der Waals surface area contributed by atoms with Crippen molar-refractivity contribution in [3.63, 3.8) is 0 Å². The molecule has 102 valence electrons. The molecular weight excluding hydrogens is 258 g/mol. The molecule has 2 rings (SSSR count). The number of hydrogen-bond donors (Lipinski definition) is 1. The number of aryl methyl sites for hydroxylation is 3. The number of carbonyl (C=O) groups excluding carboxylic acids is 1. The van der Waals surface area contributed by atoms with Gasteiger partial charge in [-0.2, -0.15) is 5.10 Å². The second-order valence-electron chi connectivity index (χ2n) is 4.60. The number of carbonyl (C=O) groups is 1. The van der Waals surface area contributed by atoms with E-state index in [0.29, 0.717) is 12.1 Å². The third-order valence-corrected chi connectivity index (χ3v) is 4.04. The first kappa shape index (κ1) is 13.8. The molecule has 0 unspecified atom stereocenters. The van der Waals surface area contributed by atoms with Gasteiger partial charge in [0.15, 0.2) is 0 Å². The van der Waals surface area contributed by atoms with E-state index in [1.807, 2.05) is 23.2 Å². The van der Waals surface area contributed by atoms with Crippen LogP contribution in [0.25, 0.3) is 0 Å². The fourth-order valence-electron chi connectivity index (χ4n) is 1.93. The largest absolute Gasteiger partial charge is 0.347 e. The van der Waals surface area contributed by atoms with Crippen LogP contribution in [0, 0.1) is 13.8 Å². The van der Waals surface area contributed by atoms with Crippen molar-refractivity contribution < 1.29 is 4.79 Å². The molecule has 0 bridgehead atoms. The Morgan fingerprint density at radius 1 is 1.47 bits per heavy atom. The lowest BCUT2D eigenvalue weighted by Crippen LogP contribution is -2.22. The molecule has 2 aromatic heterocycles. The van der Waals surface area contributed by atoms with Crippen molar-refractivity contribution in [2.45, 2.75) is 40.3 Å². The molecule has 2 heterocycles. The summed E-state index contributed by atoms with van der Waals surface area (Å²) in [5, 5.41) is 9.34. The van der Waals surface area contributed by atoms with Gasteiger partial charge >= 0.3 is 0 Å². The molecule has 5 heteroatoms. The minimum atomic E-state index is -0.0485. The Hall–Kier alpha value is -1.62. The van der Waals surface area contributed by atoms with Crippen molar-refractivity contribution in [2.24, 2.45) is 0 Å². The lowest BCUT2D eigenvalue weighted by molar-refractivity contribution is 0.0950. The number of nitrogens with zero attached hydrogens (tertiary/aromatic N) is 2. The summed E-state index contributed by atoms with van der Waals surface area (Å²) in [6.07, 6.45) is 2.84. The van der Waals surface area contributed by atoms with E-state index in [0.717, 1.165) is 18.7 Å². The third kappa shape index (κ3) is 3.23. The average molecular weight is 277 g/mol. The molecule has 0 saturated carbocycles. The molecule has 0 aliphatic carbocycles. The normalized spacial score (nSPS) is 10.7. The number of rotatable bonds is 5. The maximum absolute atomic E-state index is 12.1. The van der Waals surface area contributed by atoms with Crippen molar-refractivity contribution in [3.05, 3.63) is 39.3 Å². The zero-order valence-corrected chi connectivity index (χ0v) is 12.4. The van der Waals surface area contributed by atoms with Crippen molar-refractivity contribution in [1.29, 1.82) is 0 Å². The van der Waals surface area contributed by atoms with E-state index in [-0.39, 0.29) is 5.91 Å². The summed E-state index contributed by atoms with van der Waals surface area (Å²) in [5.74, 6) is -0.0485. The van der Waals surface area contributed by atoms with Crippen LogP contribution in [0.15, 0.2) is 17.6 Å². The fraction of sp³-hybridized carbons (Fsp3) is 0.429. The molecule has 4 nitrogen and oxygen atoms in total. The molecule has 1 N–H and O–H groups in total. The van der Waals surface area contributed by atoms with Gasteiger partial charge < -0.3 is 5.32 Å². The van der Waals surface area contributed by atoms with Crippen LogP contribution in [-0.2, 0) is 13.1 Å². The van der Waals surface area contributed by atoms with Crippen molar-refractivity contribution >= 4 is 17.2 Å². The molecule has 0 atom stereocenters. The summed E-state index contributed by atoms with van der Waals surface area (Å²) in [5.41, 5.74) is 2.68. The van der Waals surface area contributed by atoms with Gasteiger partial charge in [0.05, 0.1) is 17.8 Å². The van der Waals surface area contributed by atoms with E-state index < -0.39 is 0 Å². The molecular formula is C14H19N3OS. The first-order valence-corrected chi connectivity index (χ1v) is 7.35. The van der Waals surface area contributed by atoms with Crippen LogP contribution in [-0.4, -0.2) is 15.7 Å². The van der Waals surface area contributed by atoms with Gasteiger partial charge in [-0.05, 0) is 37.3 Å². The second-order valence-corrected chi connectivity index (χ2v) is 5.60. The quantitative estimate of drug-likeness (QED) is 0.913. The number of hydrogen-bond acceptors (Lipinski definition) is 3. The molecule has 0 fully saturated rings. The Morgan fingerprint density at radius 3 is 2.89 bits per heavy atom. The number of thiophene rings is 1. The van der Waals surface area contributed by atoms with Gasteiger partial charge in [0.2, 0.25) is 0 Å². The van der Waals surface area contributed by atoms with Crippen molar-refractivity contribution in [3.8, 4) is 0 Å². The van der Waals surface area contributed by atoms with E-state index >= 15 is 0 Å². The molecule has 0 radical (unpaired) electrons. The molecule has 0 spiro atoms. The first-order chi connectivity index (χ1) is 9.11. The van der Waals surface area contributed by atoms with Crippen LogP contribution in [0.5, 0.6) is 0 Å². The standard InChI is InChI=1S/C14H19N3OS/c1-4-6-17-9-12(11(3)16-17)14(18)15-8-13-10(2)5-7-19-13/h5,7,9H,4,6,8H2,1-3H3,(H,15,18). The van der Waals surface area contributed by atoms with E-state index in [9.17, 15) is 4.79 Å². The Labute approximate surface area is 117 Å². The summed E-state index contributed by atoms with van der Waals surface area (Å²) in [6, 6.07) is 2.07. The SMILES string of the molecule is CCCn1cc(C(=O)NCc2sccc2C)c(C)n1. The highest BCUT2D eigenvalue weighted by molar-refractivity contribution is 7.10. The predicted octanol–water partition coefficient (Wildman–Crippen LogP) is 2.90. The number of amides is 1. The lowest BCUT2D eigenvalue weighted by Gasteiger charge is -2.03. The molecule has 0 aliphatic rings. The summed E-state index contributed by atoms with van der Waals surface area (Å²) in [6.45, 7) is 7.45. The summed E-state index contributed by atoms with van der Waals surface area (Å²) < 4.78 is 1.83. The topological polar surface area (TPSA) is 46.9 Å². The summed E-state index contributed by atoms with van der Waals surface area (Å²) >= 11 is 1.67. The molecule has 0 aromatic carbocycles. The minimum Gasteiger partial charge on any atom is -0.347 e. The van der Waals surface area contributed by atoms with Crippen molar-refractivity contribution in [1.82, 2.24) is 15.1 Å². The van der Waals surface area contributed by atoms with Gasteiger partial charge in [0.1, 0.15) is 0 Å². The van der Waals surface area contributed by atoms with Crippen LogP contribution in [0.1, 0.15) is 39.8 Å². The molecule has 2 aromatic rings. The van der Waals surface area contributed by atoms with Gasteiger partial charge in [-0.15, -0.1) is 11.3 Å². The Kier molecular flexibility index (Phi) is 4.37. The maximum atomic E-state index is 12.1. The van der Waals surface area contributed by atoms with E-state index in [4.69, 9.17) is 0 Å². The second kappa shape index (κ2) is 6.02. The number of aromatic nitrogens is 2. The molecule has 0 aliphatic heterocycles. The zero-order chi connectivity index (χ0) is 13.8. The van der Waals surface area contributed by atoms with E-state index in [2.05, 4.69) is 30.3 Å². The lowest BCUT2D eigenvalue weighted by atomic mass is 10.2. The monoisotopic (exact) mass is 277 g/mol. The van der Waals surface area contributed by atoms with Gasteiger partial charge in [0, 0.05) is 17.6 Å². The van der Waals surface area contributed by atoms with Crippen LogP contribution in [0.4, 0.5) is 0 Å². The predicted molar refractivity (Wildman–Crippen MR) is 77.5 cm³/mol. The summed E-state index contributed by atoms with van der Waals surface area (Å²) in [4.78, 5) is 13.3. The van der Waals surface area contributed by atoms with E-state index in [1.165, 1.54) is 10.4 Å². The van der Waals surface area contributed by atoms with Crippen LogP contribution in [0.3, 0.4) is 0 Å². The van der Waals surface area contributed by atoms with Crippen LogP contribution >= 0.6 is 11.3 Å². The Bertz CT molecular complexity index is 571. The smallest absolute Gasteiger partial charge is 0.255 e. The minimum absolute atomic E-state index is 0.0485. The van der Waals surface area contributed by atoms with Gasteiger partial charge in [-0.1, -0.05) is 6.92 Å². The Balaban J connectivity index is 2.02. The Morgan fingerprint density at radius 2 is 2.26 bits per heavy atom. The van der Waals surface area contributed by atoms with Gasteiger partial charge in [-0.3, -0.25) is 9.48 Å². The zero-order valence-electron chi connectivity index (χ0n) is 11.6. The van der Waals surface area contributed by atoms with Gasteiger partial charge in [0.25, 0.3) is 5.91 Å². The molecule has 19 heavy (non-hydrogen) atoms.